The van der Waals surface area contributed by atoms with E-state index in [4.69, 9.17) is 8.83 Å². The minimum absolute atomic E-state index is 0.879. The third kappa shape index (κ3) is 5.11. The van der Waals surface area contributed by atoms with E-state index in [0.717, 1.165) is 78.0 Å². The van der Waals surface area contributed by atoms with E-state index >= 15 is 0 Å². The standard InChI is InChI=1S/C60H42N2O2/c1-35-43-31-29-41(61(39-17-7-5-8-18-39)51-25-15-23-47-45-21-11-13-27-53(45)63-59(47)51)33-49(43)37(3)57-55(35)56-36(2)44-32-30-42(34-50(44)38(4)58(56)57)62(40-19-9-6-10-20-40)52-26-16-24-48-46-22-12-14-28-54(46)64-60(48)52/h5-34H,1-4H3. The number of aryl methyl sites for hydroxylation is 4. The number of nitrogens with zero attached hydrogens (tertiary/aromatic N) is 2. The van der Waals surface area contributed by atoms with Gasteiger partial charge in [0.2, 0.25) is 0 Å². The van der Waals surface area contributed by atoms with Crippen LogP contribution in [0.1, 0.15) is 22.3 Å². The Morgan fingerprint density at radius 1 is 0.281 bits per heavy atom. The summed E-state index contributed by atoms with van der Waals surface area (Å²) in [7, 11) is 0. The van der Waals surface area contributed by atoms with Crippen molar-refractivity contribution in [3.8, 4) is 22.3 Å². The number of hydrogen-bond acceptors (Lipinski definition) is 4. The summed E-state index contributed by atoms with van der Waals surface area (Å²) in [6.07, 6.45) is 0. The molecule has 0 fully saturated rings. The number of anilines is 6. The van der Waals surface area contributed by atoms with Gasteiger partial charge in [0, 0.05) is 44.3 Å². The molecule has 4 nitrogen and oxygen atoms in total. The van der Waals surface area contributed by atoms with Gasteiger partial charge in [-0.1, -0.05) is 109 Å². The van der Waals surface area contributed by atoms with Gasteiger partial charge in [0.15, 0.2) is 11.2 Å². The van der Waals surface area contributed by atoms with Crippen LogP contribution >= 0.6 is 0 Å². The molecule has 0 saturated carbocycles. The van der Waals surface area contributed by atoms with Crippen molar-refractivity contribution in [2.75, 3.05) is 9.80 Å². The van der Waals surface area contributed by atoms with Crippen molar-refractivity contribution in [1.82, 2.24) is 0 Å². The second-order valence-electron chi connectivity index (χ2n) is 17.3. The molecule has 0 bridgehead atoms. The summed E-state index contributed by atoms with van der Waals surface area (Å²) in [4.78, 5) is 4.70. The lowest BCUT2D eigenvalue weighted by atomic mass is 9.69. The highest BCUT2D eigenvalue weighted by Gasteiger charge is 2.34. The highest BCUT2D eigenvalue weighted by molar-refractivity contribution is 6.20. The molecule has 10 aromatic carbocycles. The average Bonchev–Trinajstić information content (AvgIpc) is 3.91. The maximum absolute atomic E-state index is 6.64. The normalized spacial score (nSPS) is 12.1. The molecule has 0 amide bonds. The van der Waals surface area contributed by atoms with Crippen LogP contribution in [-0.2, 0) is 0 Å². The zero-order valence-electron chi connectivity index (χ0n) is 36.0. The Kier molecular flexibility index (Phi) is 7.83. The molecular formula is C60H42N2O2. The molecule has 0 spiro atoms. The Hall–Kier alpha value is -8.08. The van der Waals surface area contributed by atoms with Crippen molar-refractivity contribution in [2.24, 2.45) is 0 Å². The van der Waals surface area contributed by atoms with Crippen LogP contribution in [0.25, 0.3) is 87.7 Å². The van der Waals surface area contributed by atoms with E-state index in [1.807, 2.05) is 12.1 Å². The van der Waals surface area contributed by atoms with Crippen LogP contribution in [0, 0.1) is 27.7 Å². The maximum atomic E-state index is 6.64. The molecule has 0 radical (unpaired) electrons. The van der Waals surface area contributed by atoms with Crippen LogP contribution in [0.2, 0.25) is 0 Å². The van der Waals surface area contributed by atoms with Crippen LogP contribution in [-0.4, -0.2) is 0 Å². The van der Waals surface area contributed by atoms with Crippen molar-refractivity contribution in [1.29, 1.82) is 0 Å². The zero-order chi connectivity index (χ0) is 42.8. The van der Waals surface area contributed by atoms with Gasteiger partial charge >= 0.3 is 0 Å². The third-order valence-electron chi connectivity index (χ3n) is 13.9. The van der Waals surface area contributed by atoms with E-state index in [1.165, 1.54) is 66.1 Å². The third-order valence-corrected chi connectivity index (χ3v) is 13.9. The van der Waals surface area contributed by atoms with E-state index in [0.29, 0.717) is 0 Å². The number of rotatable bonds is 6. The number of para-hydroxylation sites is 6. The molecule has 0 unspecified atom stereocenters. The van der Waals surface area contributed by atoms with Gasteiger partial charge in [-0.15, -0.1) is 0 Å². The van der Waals surface area contributed by atoms with E-state index in [-0.39, 0.29) is 0 Å². The second kappa shape index (κ2) is 13.7. The molecule has 2 heterocycles. The molecule has 0 atom stereocenters. The second-order valence-corrected chi connectivity index (χ2v) is 17.3. The summed E-state index contributed by atoms with van der Waals surface area (Å²) in [5, 5.41) is 9.56. The summed E-state index contributed by atoms with van der Waals surface area (Å²) in [5.41, 5.74) is 20.7. The molecule has 1 aliphatic rings. The van der Waals surface area contributed by atoms with Crippen molar-refractivity contribution in [3.63, 3.8) is 0 Å². The fourth-order valence-corrected chi connectivity index (χ4v) is 10.9. The Balaban J connectivity index is 0.988. The largest absolute Gasteiger partial charge is 0.454 e. The van der Waals surface area contributed by atoms with Crippen LogP contribution in [0.5, 0.6) is 0 Å². The molecule has 13 rings (SSSR count). The molecule has 4 heteroatoms. The first-order valence-electron chi connectivity index (χ1n) is 22.1. The monoisotopic (exact) mass is 822 g/mol. The molecule has 0 aliphatic heterocycles. The van der Waals surface area contributed by atoms with Crippen LogP contribution < -0.4 is 9.80 Å². The fraction of sp³-hybridized carbons (Fsp3) is 0.0667. The van der Waals surface area contributed by atoms with Gasteiger partial charge in [-0.05, 0) is 167 Å². The van der Waals surface area contributed by atoms with Crippen molar-refractivity contribution < 1.29 is 8.83 Å². The van der Waals surface area contributed by atoms with E-state index in [9.17, 15) is 0 Å². The van der Waals surface area contributed by atoms with Gasteiger partial charge in [-0.25, -0.2) is 0 Å². The van der Waals surface area contributed by atoms with Crippen LogP contribution in [0.3, 0.4) is 0 Å². The molecule has 304 valence electrons. The number of fused-ring (bicyclic) bond motifs is 12. The molecule has 12 aromatic rings. The van der Waals surface area contributed by atoms with Gasteiger partial charge in [0.25, 0.3) is 0 Å². The van der Waals surface area contributed by atoms with Gasteiger partial charge in [-0.3, -0.25) is 0 Å². The Bertz CT molecular complexity index is 3640. The lowest BCUT2D eigenvalue weighted by Crippen LogP contribution is -2.12. The van der Waals surface area contributed by atoms with Crippen LogP contribution in [0.15, 0.2) is 191 Å². The van der Waals surface area contributed by atoms with E-state index < -0.39 is 0 Å². The predicted molar refractivity (Wildman–Crippen MR) is 269 cm³/mol. The molecule has 0 N–H and O–H groups in total. The van der Waals surface area contributed by atoms with Gasteiger partial charge in [-0.2, -0.15) is 0 Å². The summed E-state index contributed by atoms with van der Waals surface area (Å²) >= 11 is 0. The fourth-order valence-electron chi connectivity index (χ4n) is 10.9. The predicted octanol–water partition coefficient (Wildman–Crippen LogP) is 17.6. The van der Waals surface area contributed by atoms with E-state index in [2.05, 4.69) is 207 Å². The molecule has 0 saturated heterocycles. The topological polar surface area (TPSA) is 32.8 Å². The lowest BCUT2D eigenvalue weighted by Gasteiger charge is -2.35. The van der Waals surface area contributed by atoms with Crippen LogP contribution in [0.4, 0.5) is 34.1 Å². The van der Waals surface area contributed by atoms with Gasteiger partial charge in [0.1, 0.15) is 11.2 Å². The van der Waals surface area contributed by atoms with Crippen molar-refractivity contribution >= 4 is 99.5 Å². The highest BCUT2D eigenvalue weighted by Crippen LogP contribution is 2.59. The molecular weight excluding hydrogens is 781 g/mol. The lowest BCUT2D eigenvalue weighted by molar-refractivity contribution is 0.668. The smallest absolute Gasteiger partial charge is 0.159 e. The number of furan rings is 2. The minimum Gasteiger partial charge on any atom is -0.454 e. The van der Waals surface area contributed by atoms with E-state index in [1.54, 1.807) is 0 Å². The first kappa shape index (κ1) is 36.6. The van der Waals surface area contributed by atoms with Crippen molar-refractivity contribution in [3.05, 3.63) is 204 Å². The first-order valence-corrected chi connectivity index (χ1v) is 22.1. The summed E-state index contributed by atoms with van der Waals surface area (Å²) in [5.74, 6) is 0. The Labute approximate surface area is 370 Å². The highest BCUT2D eigenvalue weighted by atomic mass is 16.3. The van der Waals surface area contributed by atoms with Crippen molar-refractivity contribution in [2.45, 2.75) is 27.7 Å². The Morgan fingerprint density at radius 2 is 0.641 bits per heavy atom. The molecule has 2 aromatic heterocycles. The molecule has 1 aliphatic carbocycles. The first-order chi connectivity index (χ1) is 31.4. The summed E-state index contributed by atoms with van der Waals surface area (Å²) < 4.78 is 13.3. The number of hydrogen-bond donors (Lipinski definition) is 0. The summed E-state index contributed by atoms with van der Waals surface area (Å²) in [6.45, 7) is 9.26. The number of benzene rings is 10. The zero-order valence-corrected chi connectivity index (χ0v) is 36.0. The average molecular weight is 823 g/mol. The maximum Gasteiger partial charge on any atom is 0.159 e. The Morgan fingerprint density at radius 3 is 1.06 bits per heavy atom. The molecule has 64 heavy (non-hydrogen) atoms. The summed E-state index contributed by atoms with van der Waals surface area (Å²) in [6, 6.07) is 64.9. The SMILES string of the molecule is Cc1c2c(c(C)c3cc(N(c4ccccc4)c4cccc5c4oc4ccccc45)ccc13)-c1c-2c(C)c2ccc(N(c3ccccc3)c3cccc4c3oc3ccccc34)cc2c1C. The minimum atomic E-state index is 0.879. The van der Waals surface area contributed by atoms with Gasteiger partial charge < -0.3 is 18.6 Å². The quantitative estimate of drug-likeness (QED) is 0.167. The van der Waals surface area contributed by atoms with Gasteiger partial charge in [0.05, 0.1) is 11.4 Å².